The van der Waals surface area contributed by atoms with E-state index in [-0.39, 0.29) is 24.1 Å². The molecular weight excluding hydrogens is 356 g/mol. The Kier molecular flexibility index (Phi) is 5.20. The minimum atomic E-state index is -0.937. The number of fused-ring (bicyclic) bond motifs is 1. The van der Waals surface area contributed by atoms with Crippen molar-refractivity contribution in [2.75, 3.05) is 13.4 Å². The highest BCUT2D eigenvalue weighted by Gasteiger charge is 2.22. The van der Waals surface area contributed by atoms with Crippen molar-refractivity contribution in [2.24, 2.45) is 0 Å². The monoisotopic (exact) mass is 372 g/mol. The molecule has 1 N–H and O–H groups in total. The number of hydrogen-bond acceptors (Lipinski definition) is 7. The molecule has 140 valence electrons. The maximum atomic E-state index is 12.0. The van der Waals surface area contributed by atoms with Gasteiger partial charge in [0.2, 0.25) is 6.79 Å². The Morgan fingerprint density at radius 2 is 1.96 bits per heavy atom. The fourth-order valence-electron chi connectivity index (χ4n) is 2.56. The molecule has 1 aliphatic rings. The number of nitro benzene ring substituents is 1. The van der Waals surface area contributed by atoms with Crippen LogP contribution in [0, 0.1) is 10.1 Å². The van der Waals surface area contributed by atoms with Gasteiger partial charge in [0.05, 0.1) is 11.0 Å². The third kappa shape index (κ3) is 4.14. The number of hydrogen-bond donors (Lipinski definition) is 1. The summed E-state index contributed by atoms with van der Waals surface area (Å²) in [7, 11) is 0. The SMILES string of the molecule is C[C@@H](NC(=O)COC(=O)c1ccccc1[N+](=O)[O-])c1ccc2c(c1)OCO2. The molecule has 0 fully saturated rings. The molecule has 3 rings (SSSR count). The van der Waals surface area contributed by atoms with Crippen LogP contribution >= 0.6 is 0 Å². The smallest absolute Gasteiger partial charge is 0.345 e. The molecule has 1 amide bonds. The summed E-state index contributed by atoms with van der Waals surface area (Å²) in [6.45, 7) is 1.36. The molecule has 0 unspecified atom stereocenters. The van der Waals surface area contributed by atoms with Crippen molar-refractivity contribution in [1.82, 2.24) is 5.32 Å². The van der Waals surface area contributed by atoms with Gasteiger partial charge in [0, 0.05) is 6.07 Å². The summed E-state index contributed by atoms with van der Waals surface area (Å²) in [5, 5.41) is 13.6. The van der Waals surface area contributed by atoms with Gasteiger partial charge in [0.1, 0.15) is 5.56 Å². The lowest BCUT2D eigenvalue weighted by Crippen LogP contribution is -2.31. The molecule has 0 aromatic heterocycles. The Morgan fingerprint density at radius 3 is 2.74 bits per heavy atom. The van der Waals surface area contributed by atoms with E-state index < -0.39 is 23.4 Å². The molecule has 9 nitrogen and oxygen atoms in total. The van der Waals surface area contributed by atoms with Crippen molar-refractivity contribution in [2.45, 2.75) is 13.0 Å². The van der Waals surface area contributed by atoms with Crippen LogP contribution in [0.4, 0.5) is 5.69 Å². The third-order valence-electron chi connectivity index (χ3n) is 3.93. The first-order chi connectivity index (χ1) is 13.0. The van der Waals surface area contributed by atoms with Crippen LogP contribution in [0.1, 0.15) is 28.9 Å². The van der Waals surface area contributed by atoms with Gasteiger partial charge >= 0.3 is 5.97 Å². The molecule has 1 atom stereocenters. The summed E-state index contributed by atoms with van der Waals surface area (Å²) < 4.78 is 15.4. The van der Waals surface area contributed by atoms with Gasteiger partial charge < -0.3 is 19.5 Å². The van der Waals surface area contributed by atoms with E-state index in [9.17, 15) is 19.7 Å². The van der Waals surface area contributed by atoms with Gasteiger partial charge in [0.15, 0.2) is 18.1 Å². The molecule has 1 aliphatic heterocycles. The van der Waals surface area contributed by atoms with Gasteiger partial charge in [-0.1, -0.05) is 18.2 Å². The Labute approximate surface area is 154 Å². The number of carbonyl (C=O) groups is 2. The number of carbonyl (C=O) groups excluding carboxylic acids is 2. The third-order valence-corrected chi connectivity index (χ3v) is 3.93. The van der Waals surface area contributed by atoms with Crippen molar-refractivity contribution >= 4 is 17.6 Å². The highest BCUT2D eigenvalue weighted by Crippen LogP contribution is 2.34. The molecule has 0 bridgehead atoms. The van der Waals surface area contributed by atoms with Crippen molar-refractivity contribution in [3.05, 3.63) is 63.7 Å². The first-order valence-corrected chi connectivity index (χ1v) is 8.05. The summed E-state index contributed by atoms with van der Waals surface area (Å²) >= 11 is 0. The van der Waals surface area contributed by atoms with E-state index in [1.54, 1.807) is 25.1 Å². The van der Waals surface area contributed by atoms with E-state index in [1.807, 2.05) is 0 Å². The fourth-order valence-corrected chi connectivity index (χ4v) is 2.56. The number of ether oxygens (including phenoxy) is 3. The fraction of sp³-hybridized carbons (Fsp3) is 0.222. The van der Waals surface area contributed by atoms with Gasteiger partial charge in [0.25, 0.3) is 11.6 Å². The minimum absolute atomic E-state index is 0.154. The van der Waals surface area contributed by atoms with Gasteiger partial charge in [-0.05, 0) is 30.7 Å². The molecule has 2 aromatic rings. The zero-order valence-corrected chi connectivity index (χ0v) is 14.3. The number of benzene rings is 2. The highest BCUT2D eigenvalue weighted by atomic mass is 16.7. The van der Waals surface area contributed by atoms with Gasteiger partial charge in [-0.25, -0.2) is 4.79 Å². The van der Waals surface area contributed by atoms with Gasteiger partial charge in [-0.3, -0.25) is 14.9 Å². The zero-order chi connectivity index (χ0) is 19.4. The zero-order valence-electron chi connectivity index (χ0n) is 14.3. The van der Waals surface area contributed by atoms with Gasteiger partial charge in [-0.2, -0.15) is 0 Å². The van der Waals surface area contributed by atoms with Gasteiger partial charge in [-0.15, -0.1) is 0 Å². The normalized spacial score (nSPS) is 12.9. The Balaban J connectivity index is 1.57. The average molecular weight is 372 g/mol. The first-order valence-electron chi connectivity index (χ1n) is 8.05. The molecular formula is C18H16N2O7. The lowest BCUT2D eigenvalue weighted by Gasteiger charge is -2.15. The molecule has 0 spiro atoms. The number of nitrogens with one attached hydrogen (secondary N) is 1. The number of rotatable bonds is 6. The van der Waals surface area contributed by atoms with E-state index in [1.165, 1.54) is 24.3 Å². The van der Waals surface area contributed by atoms with Crippen LogP contribution in [-0.2, 0) is 9.53 Å². The average Bonchev–Trinajstić information content (AvgIpc) is 3.13. The molecule has 27 heavy (non-hydrogen) atoms. The standard InChI is InChI=1S/C18H16N2O7/c1-11(12-6-7-15-16(8-12)27-10-26-15)19-17(21)9-25-18(22)13-4-2-3-5-14(13)20(23)24/h2-8,11H,9-10H2,1H3,(H,19,21)/t11-/m1/s1. The second kappa shape index (κ2) is 7.73. The van der Waals surface area contributed by atoms with Crippen molar-refractivity contribution in [1.29, 1.82) is 0 Å². The van der Waals surface area contributed by atoms with E-state index in [0.29, 0.717) is 11.5 Å². The Bertz CT molecular complexity index is 897. The van der Waals surface area contributed by atoms with Crippen LogP contribution in [-0.4, -0.2) is 30.2 Å². The highest BCUT2D eigenvalue weighted by molar-refractivity contribution is 5.95. The van der Waals surface area contributed by atoms with E-state index >= 15 is 0 Å². The summed E-state index contributed by atoms with van der Waals surface area (Å²) in [6.07, 6.45) is 0. The lowest BCUT2D eigenvalue weighted by molar-refractivity contribution is -0.385. The summed E-state index contributed by atoms with van der Waals surface area (Å²) in [5.74, 6) is -0.243. The second-order valence-corrected chi connectivity index (χ2v) is 5.75. The van der Waals surface area contributed by atoms with Crippen molar-refractivity contribution in [3.8, 4) is 11.5 Å². The number of nitro groups is 1. The van der Waals surface area contributed by atoms with Crippen LogP contribution in [0.2, 0.25) is 0 Å². The lowest BCUT2D eigenvalue weighted by atomic mass is 10.1. The van der Waals surface area contributed by atoms with E-state index in [4.69, 9.17) is 14.2 Å². The van der Waals surface area contributed by atoms with Crippen molar-refractivity contribution < 1.29 is 28.7 Å². The van der Waals surface area contributed by atoms with Crippen LogP contribution in [0.5, 0.6) is 11.5 Å². The topological polar surface area (TPSA) is 117 Å². The maximum Gasteiger partial charge on any atom is 0.345 e. The Hall–Kier alpha value is -3.62. The van der Waals surface area contributed by atoms with Crippen LogP contribution in [0.3, 0.4) is 0 Å². The van der Waals surface area contributed by atoms with E-state index in [2.05, 4.69) is 5.32 Å². The summed E-state index contributed by atoms with van der Waals surface area (Å²) in [4.78, 5) is 34.3. The van der Waals surface area contributed by atoms with Crippen LogP contribution in [0.15, 0.2) is 42.5 Å². The molecule has 0 radical (unpaired) electrons. The summed E-state index contributed by atoms with van der Waals surface area (Å²) in [5.41, 5.74) is 0.202. The Morgan fingerprint density at radius 1 is 1.22 bits per heavy atom. The number of amides is 1. The number of esters is 1. The molecule has 9 heteroatoms. The quantitative estimate of drug-likeness (QED) is 0.470. The van der Waals surface area contributed by atoms with Crippen LogP contribution < -0.4 is 14.8 Å². The predicted molar refractivity (Wildman–Crippen MR) is 92.5 cm³/mol. The molecule has 0 saturated carbocycles. The maximum absolute atomic E-state index is 12.0. The largest absolute Gasteiger partial charge is 0.454 e. The van der Waals surface area contributed by atoms with Crippen LogP contribution in [0.25, 0.3) is 0 Å². The molecule has 1 heterocycles. The molecule has 2 aromatic carbocycles. The second-order valence-electron chi connectivity index (χ2n) is 5.75. The summed E-state index contributed by atoms with van der Waals surface area (Å²) in [6, 6.07) is 10.3. The number of nitrogens with zero attached hydrogens (tertiary/aromatic N) is 1. The first kappa shape index (κ1) is 18.2. The van der Waals surface area contributed by atoms with E-state index in [0.717, 1.165) is 5.56 Å². The molecule has 0 saturated heterocycles. The minimum Gasteiger partial charge on any atom is -0.454 e. The predicted octanol–water partition coefficient (Wildman–Crippen LogP) is 2.36. The number of para-hydroxylation sites is 1. The van der Waals surface area contributed by atoms with Crippen molar-refractivity contribution in [3.63, 3.8) is 0 Å². The molecule has 0 aliphatic carbocycles.